The molecule has 0 radical (unpaired) electrons. The van der Waals surface area contributed by atoms with Crippen LogP contribution in [-0.4, -0.2) is 18.0 Å². The van der Waals surface area contributed by atoms with E-state index < -0.39 is 0 Å². The SMILES string of the molecule is CNc1cccc(NC2CCCC2(C)C)c1[N+](=O)[O-]. The first-order valence-electron chi connectivity index (χ1n) is 6.67. The van der Waals surface area contributed by atoms with E-state index in [1.165, 1.54) is 6.42 Å². The number of para-hydroxylation sites is 1. The molecule has 0 heterocycles. The van der Waals surface area contributed by atoms with Crippen LogP contribution in [0.3, 0.4) is 0 Å². The predicted molar refractivity (Wildman–Crippen MR) is 77.7 cm³/mol. The third kappa shape index (κ3) is 2.64. The minimum absolute atomic E-state index is 0.132. The highest BCUT2D eigenvalue weighted by Gasteiger charge is 2.35. The molecule has 19 heavy (non-hydrogen) atoms. The van der Waals surface area contributed by atoms with Crippen molar-refractivity contribution in [3.63, 3.8) is 0 Å². The molecule has 1 aromatic carbocycles. The van der Waals surface area contributed by atoms with Crippen LogP contribution >= 0.6 is 0 Å². The van der Waals surface area contributed by atoms with Crippen molar-refractivity contribution in [1.29, 1.82) is 0 Å². The molecular weight excluding hydrogens is 242 g/mol. The molecule has 104 valence electrons. The van der Waals surface area contributed by atoms with E-state index in [-0.39, 0.29) is 16.0 Å². The lowest BCUT2D eigenvalue weighted by molar-refractivity contribution is -0.383. The molecule has 2 rings (SSSR count). The number of rotatable bonds is 4. The first-order valence-corrected chi connectivity index (χ1v) is 6.67. The summed E-state index contributed by atoms with van der Waals surface area (Å²) < 4.78 is 0. The van der Waals surface area contributed by atoms with Gasteiger partial charge in [-0.25, -0.2) is 0 Å². The summed E-state index contributed by atoms with van der Waals surface area (Å²) in [6, 6.07) is 5.64. The maximum absolute atomic E-state index is 11.3. The first-order chi connectivity index (χ1) is 8.95. The lowest BCUT2D eigenvalue weighted by Gasteiger charge is -2.28. The first kappa shape index (κ1) is 13.6. The minimum Gasteiger partial charge on any atom is -0.382 e. The molecule has 0 aliphatic heterocycles. The highest BCUT2D eigenvalue weighted by Crippen LogP contribution is 2.41. The fourth-order valence-corrected chi connectivity index (χ4v) is 2.84. The highest BCUT2D eigenvalue weighted by atomic mass is 16.6. The van der Waals surface area contributed by atoms with Gasteiger partial charge >= 0.3 is 5.69 Å². The summed E-state index contributed by atoms with van der Waals surface area (Å²) in [6.07, 6.45) is 3.39. The van der Waals surface area contributed by atoms with Crippen molar-refractivity contribution < 1.29 is 4.92 Å². The van der Waals surface area contributed by atoms with Gasteiger partial charge in [-0.05, 0) is 30.4 Å². The molecular formula is C14H21N3O2. The number of nitro benzene ring substituents is 1. The smallest absolute Gasteiger partial charge is 0.315 e. The summed E-state index contributed by atoms with van der Waals surface area (Å²) in [7, 11) is 1.70. The van der Waals surface area contributed by atoms with Crippen LogP contribution in [-0.2, 0) is 0 Å². The number of nitro groups is 1. The van der Waals surface area contributed by atoms with Gasteiger partial charge in [0.2, 0.25) is 0 Å². The van der Waals surface area contributed by atoms with Gasteiger partial charge in [-0.2, -0.15) is 0 Å². The molecule has 1 saturated carbocycles. The lowest BCUT2D eigenvalue weighted by atomic mass is 9.87. The van der Waals surface area contributed by atoms with Gasteiger partial charge in [-0.1, -0.05) is 26.3 Å². The second kappa shape index (κ2) is 5.07. The van der Waals surface area contributed by atoms with E-state index in [1.54, 1.807) is 19.2 Å². The molecule has 0 saturated heterocycles. The molecule has 1 fully saturated rings. The molecule has 1 aromatic rings. The van der Waals surface area contributed by atoms with Gasteiger partial charge in [-0.3, -0.25) is 10.1 Å². The topological polar surface area (TPSA) is 67.2 Å². The molecule has 0 aromatic heterocycles. The van der Waals surface area contributed by atoms with Crippen LogP contribution < -0.4 is 10.6 Å². The zero-order chi connectivity index (χ0) is 14.0. The van der Waals surface area contributed by atoms with Crippen LogP contribution in [0.1, 0.15) is 33.1 Å². The van der Waals surface area contributed by atoms with Crippen molar-refractivity contribution in [3.8, 4) is 0 Å². The number of nitrogens with zero attached hydrogens (tertiary/aromatic N) is 1. The summed E-state index contributed by atoms with van der Waals surface area (Å²) in [5.74, 6) is 0. The Bertz CT molecular complexity index is 486. The largest absolute Gasteiger partial charge is 0.382 e. The third-order valence-electron chi connectivity index (χ3n) is 4.07. The van der Waals surface area contributed by atoms with E-state index >= 15 is 0 Å². The van der Waals surface area contributed by atoms with Crippen molar-refractivity contribution in [2.45, 2.75) is 39.2 Å². The average Bonchev–Trinajstić information content (AvgIpc) is 2.68. The second-order valence-electron chi connectivity index (χ2n) is 5.79. The summed E-state index contributed by atoms with van der Waals surface area (Å²) in [6.45, 7) is 4.43. The van der Waals surface area contributed by atoms with Crippen molar-refractivity contribution in [2.75, 3.05) is 17.7 Å². The number of hydrogen-bond acceptors (Lipinski definition) is 4. The summed E-state index contributed by atoms with van der Waals surface area (Å²) in [5, 5.41) is 17.5. The Balaban J connectivity index is 2.32. The van der Waals surface area contributed by atoms with E-state index in [0.717, 1.165) is 12.8 Å². The van der Waals surface area contributed by atoms with Gasteiger partial charge in [0.25, 0.3) is 0 Å². The van der Waals surface area contributed by atoms with E-state index in [9.17, 15) is 10.1 Å². The van der Waals surface area contributed by atoms with Gasteiger partial charge in [0, 0.05) is 13.1 Å². The lowest BCUT2D eigenvalue weighted by Crippen LogP contribution is -2.31. The highest BCUT2D eigenvalue weighted by molar-refractivity contribution is 5.76. The Morgan fingerprint density at radius 1 is 1.37 bits per heavy atom. The molecule has 1 unspecified atom stereocenters. The third-order valence-corrected chi connectivity index (χ3v) is 4.07. The van der Waals surface area contributed by atoms with Gasteiger partial charge in [0.05, 0.1) is 4.92 Å². The normalized spacial score (nSPS) is 21.1. The summed E-state index contributed by atoms with van der Waals surface area (Å²) in [5.41, 5.74) is 1.47. The second-order valence-corrected chi connectivity index (χ2v) is 5.79. The van der Waals surface area contributed by atoms with Gasteiger partial charge in [-0.15, -0.1) is 0 Å². The zero-order valence-corrected chi connectivity index (χ0v) is 11.7. The van der Waals surface area contributed by atoms with E-state index in [0.29, 0.717) is 17.4 Å². The monoisotopic (exact) mass is 263 g/mol. The van der Waals surface area contributed by atoms with E-state index in [4.69, 9.17) is 0 Å². The Hall–Kier alpha value is -1.78. The minimum atomic E-state index is -0.323. The molecule has 5 heteroatoms. The van der Waals surface area contributed by atoms with Crippen molar-refractivity contribution >= 4 is 17.1 Å². The van der Waals surface area contributed by atoms with Crippen LogP contribution in [0.25, 0.3) is 0 Å². The predicted octanol–water partition coefficient (Wildman–Crippen LogP) is 3.63. The number of hydrogen-bond donors (Lipinski definition) is 2. The number of nitrogens with one attached hydrogen (secondary N) is 2. The maximum atomic E-state index is 11.3. The van der Waals surface area contributed by atoms with Crippen LogP contribution in [0.5, 0.6) is 0 Å². The van der Waals surface area contributed by atoms with E-state index in [1.807, 2.05) is 6.07 Å². The van der Waals surface area contributed by atoms with Gasteiger partial charge < -0.3 is 10.6 Å². The van der Waals surface area contributed by atoms with Crippen LogP contribution in [0.15, 0.2) is 18.2 Å². The molecule has 0 amide bonds. The quantitative estimate of drug-likeness (QED) is 0.643. The molecule has 2 N–H and O–H groups in total. The molecule has 0 bridgehead atoms. The van der Waals surface area contributed by atoms with Crippen LogP contribution in [0, 0.1) is 15.5 Å². The van der Waals surface area contributed by atoms with Gasteiger partial charge in [0.15, 0.2) is 0 Å². The number of benzene rings is 1. The molecule has 5 nitrogen and oxygen atoms in total. The van der Waals surface area contributed by atoms with Crippen molar-refractivity contribution in [3.05, 3.63) is 28.3 Å². The summed E-state index contributed by atoms with van der Waals surface area (Å²) in [4.78, 5) is 10.9. The van der Waals surface area contributed by atoms with Gasteiger partial charge in [0.1, 0.15) is 11.4 Å². The Labute approximate surface area is 113 Å². The van der Waals surface area contributed by atoms with Crippen LogP contribution in [0.4, 0.5) is 17.1 Å². The van der Waals surface area contributed by atoms with Crippen molar-refractivity contribution in [1.82, 2.24) is 0 Å². The number of anilines is 2. The average molecular weight is 263 g/mol. The fraction of sp³-hybridized carbons (Fsp3) is 0.571. The molecule has 1 aliphatic rings. The van der Waals surface area contributed by atoms with Crippen LogP contribution in [0.2, 0.25) is 0 Å². The Kier molecular flexibility index (Phi) is 3.64. The molecule has 1 aliphatic carbocycles. The molecule has 0 spiro atoms. The van der Waals surface area contributed by atoms with E-state index in [2.05, 4.69) is 24.5 Å². The zero-order valence-electron chi connectivity index (χ0n) is 11.7. The molecule has 1 atom stereocenters. The standard InChI is InChI=1S/C14H21N3O2/c1-14(2)9-5-8-12(14)16-11-7-4-6-10(15-3)13(11)17(18)19/h4,6-7,12,15-16H,5,8-9H2,1-3H3. The maximum Gasteiger partial charge on any atom is 0.315 e. The Morgan fingerprint density at radius 2 is 2.05 bits per heavy atom. The summed E-state index contributed by atoms with van der Waals surface area (Å²) >= 11 is 0. The Morgan fingerprint density at radius 3 is 2.58 bits per heavy atom. The fourth-order valence-electron chi connectivity index (χ4n) is 2.84. The van der Waals surface area contributed by atoms with Crippen molar-refractivity contribution in [2.24, 2.45) is 5.41 Å².